The fourth-order valence-corrected chi connectivity index (χ4v) is 1.54. The zero-order valence-electron chi connectivity index (χ0n) is 6.37. The van der Waals surface area contributed by atoms with E-state index < -0.39 is 0 Å². The Bertz CT molecular complexity index is 511. The first-order valence-electron chi connectivity index (χ1n) is 3.89. The van der Waals surface area contributed by atoms with Crippen LogP contribution >= 0.6 is 0 Å². The Labute approximate surface area is 69.6 Å². The molecule has 1 nitrogen and oxygen atoms in total. The molecule has 12 heavy (non-hydrogen) atoms. The van der Waals surface area contributed by atoms with Crippen molar-refractivity contribution in [3.63, 3.8) is 0 Å². The molecule has 0 radical (unpaired) electrons. The van der Waals surface area contributed by atoms with Gasteiger partial charge in [-0.05, 0) is 12.1 Å². The first-order chi connectivity index (χ1) is 5.95. The SMILES string of the molecule is C1=Cc2oc3ccccc3c2C=1. The molecule has 0 saturated carbocycles. The van der Waals surface area contributed by atoms with Crippen molar-refractivity contribution in [1.29, 1.82) is 0 Å². The number of hydrogen-bond acceptors (Lipinski definition) is 1. The molecular formula is C11H6O. The Hall–Kier alpha value is -1.72. The average Bonchev–Trinajstić information content (AvgIpc) is 2.62. The second kappa shape index (κ2) is 1.90. The first kappa shape index (κ1) is 5.87. The van der Waals surface area contributed by atoms with Crippen LogP contribution in [0.25, 0.3) is 23.1 Å². The van der Waals surface area contributed by atoms with Gasteiger partial charge < -0.3 is 4.42 Å². The molecule has 0 bridgehead atoms. The van der Waals surface area contributed by atoms with E-state index >= 15 is 0 Å². The summed E-state index contributed by atoms with van der Waals surface area (Å²) in [6.07, 6.45) is 3.83. The molecular weight excluding hydrogens is 148 g/mol. The maximum absolute atomic E-state index is 5.56. The first-order valence-corrected chi connectivity index (χ1v) is 3.89. The Morgan fingerprint density at radius 3 is 3.00 bits per heavy atom. The molecule has 1 aliphatic carbocycles. The van der Waals surface area contributed by atoms with E-state index in [9.17, 15) is 0 Å². The lowest BCUT2D eigenvalue weighted by atomic mass is 10.1. The van der Waals surface area contributed by atoms with Gasteiger partial charge in [-0.1, -0.05) is 18.2 Å². The van der Waals surface area contributed by atoms with Crippen LogP contribution < -0.4 is 0 Å². The molecule has 2 aromatic rings. The lowest BCUT2D eigenvalue weighted by molar-refractivity contribution is 0.604. The van der Waals surface area contributed by atoms with Gasteiger partial charge in [-0.3, -0.25) is 0 Å². The molecule has 0 saturated heterocycles. The Morgan fingerprint density at radius 2 is 2.00 bits per heavy atom. The van der Waals surface area contributed by atoms with Gasteiger partial charge >= 0.3 is 0 Å². The summed E-state index contributed by atoms with van der Waals surface area (Å²) in [4.78, 5) is 0. The Morgan fingerprint density at radius 1 is 1.08 bits per heavy atom. The molecule has 0 amide bonds. The van der Waals surface area contributed by atoms with E-state index in [1.54, 1.807) is 0 Å². The van der Waals surface area contributed by atoms with Gasteiger partial charge in [-0.2, -0.15) is 0 Å². The fraction of sp³-hybridized carbons (Fsp3) is 0. The summed E-state index contributed by atoms with van der Waals surface area (Å²) in [5.74, 6) is 0.927. The van der Waals surface area contributed by atoms with Gasteiger partial charge in [0.15, 0.2) is 0 Å². The second-order valence-corrected chi connectivity index (χ2v) is 2.83. The molecule has 0 atom stereocenters. The second-order valence-electron chi connectivity index (χ2n) is 2.83. The molecule has 1 aliphatic rings. The summed E-state index contributed by atoms with van der Waals surface area (Å²) >= 11 is 0. The Balaban J connectivity index is 2.54. The molecule has 3 rings (SSSR count). The van der Waals surface area contributed by atoms with Crippen molar-refractivity contribution in [1.82, 2.24) is 0 Å². The zero-order chi connectivity index (χ0) is 7.97. The van der Waals surface area contributed by atoms with E-state index in [4.69, 9.17) is 4.42 Å². The molecule has 1 aromatic carbocycles. The molecule has 0 fully saturated rings. The van der Waals surface area contributed by atoms with Gasteiger partial charge in [-0.25, -0.2) is 0 Å². The highest BCUT2D eigenvalue weighted by atomic mass is 16.3. The van der Waals surface area contributed by atoms with E-state index in [0.29, 0.717) is 0 Å². The van der Waals surface area contributed by atoms with Gasteiger partial charge in [0.25, 0.3) is 0 Å². The molecule has 56 valence electrons. The van der Waals surface area contributed by atoms with Crippen LogP contribution in [0.4, 0.5) is 0 Å². The van der Waals surface area contributed by atoms with Gasteiger partial charge in [0.1, 0.15) is 11.3 Å². The van der Waals surface area contributed by atoms with E-state index in [2.05, 4.69) is 11.8 Å². The normalized spacial score (nSPS) is 12.7. The molecule has 1 heterocycles. The standard InChI is InChI=1S/C11H6O/c1-2-6-10-8(4-1)9-5-3-7-11(9)12-10/h1-2,4-7H. The van der Waals surface area contributed by atoms with E-state index in [1.807, 2.05) is 30.4 Å². The topological polar surface area (TPSA) is 13.1 Å². The van der Waals surface area contributed by atoms with Crippen LogP contribution in [0.5, 0.6) is 0 Å². The number of rotatable bonds is 0. The third-order valence-electron chi connectivity index (χ3n) is 2.10. The fourth-order valence-electron chi connectivity index (χ4n) is 1.54. The Kier molecular flexibility index (Phi) is 0.931. The summed E-state index contributed by atoms with van der Waals surface area (Å²) in [7, 11) is 0. The quantitative estimate of drug-likeness (QED) is 0.453. The van der Waals surface area contributed by atoms with Crippen LogP contribution in [-0.2, 0) is 0 Å². The highest BCUT2D eigenvalue weighted by molar-refractivity contribution is 5.93. The van der Waals surface area contributed by atoms with Crippen LogP contribution in [0.2, 0.25) is 0 Å². The predicted molar refractivity (Wildman–Crippen MR) is 48.7 cm³/mol. The molecule has 0 N–H and O–H groups in total. The van der Waals surface area contributed by atoms with Crippen molar-refractivity contribution in [3.05, 3.63) is 41.3 Å². The molecule has 1 heteroatoms. The smallest absolute Gasteiger partial charge is 0.143 e. The van der Waals surface area contributed by atoms with Crippen molar-refractivity contribution in [2.75, 3.05) is 0 Å². The summed E-state index contributed by atoms with van der Waals surface area (Å²) in [5.41, 5.74) is 5.13. The number of hydrogen-bond donors (Lipinski definition) is 0. The molecule has 1 aromatic heterocycles. The summed E-state index contributed by atoms with van der Waals surface area (Å²) in [6.45, 7) is 0. The molecule has 0 aliphatic heterocycles. The lowest BCUT2D eigenvalue weighted by Crippen LogP contribution is -1.66. The summed E-state index contributed by atoms with van der Waals surface area (Å²) in [5, 5.41) is 1.17. The molecule has 0 spiro atoms. The van der Waals surface area contributed by atoms with Crippen molar-refractivity contribution in [2.24, 2.45) is 0 Å². The largest absolute Gasteiger partial charge is 0.455 e. The van der Waals surface area contributed by atoms with Crippen LogP contribution in [0.1, 0.15) is 11.3 Å². The van der Waals surface area contributed by atoms with Gasteiger partial charge in [0, 0.05) is 17.0 Å². The third-order valence-corrected chi connectivity index (χ3v) is 2.10. The summed E-state index contributed by atoms with van der Waals surface area (Å²) in [6, 6.07) is 8.04. The maximum atomic E-state index is 5.56. The highest BCUT2D eigenvalue weighted by Gasteiger charge is 2.10. The summed E-state index contributed by atoms with van der Waals surface area (Å²) < 4.78 is 5.56. The van der Waals surface area contributed by atoms with Crippen LogP contribution in [0.3, 0.4) is 0 Å². The maximum Gasteiger partial charge on any atom is 0.143 e. The van der Waals surface area contributed by atoms with Crippen LogP contribution in [0, 0.1) is 0 Å². The number of benzene rings is 1. The van der Waals surface area contributed by atoms with E-state index in [1.165, 1.54) is 5.39 Å². The van der Waals surface area contributed by atoms with E-state index in [-0.39, 0.29) is 0 Å². The van der Waals surface area contributed by atoms with Gasteiger partial charge in [-0.15, -0.1) is 5.73 Å². The van der Waals surface area contributed by atoms with Crippen molar-refractivity contribution in [3.8, 4) is 0 Å². The third kappa shape index (κ3) is 0.590. The monoisotopic (exact) mass is 154 g/mol. The minimum Gasteiger partial charge on any atom is -0.455 e. The van der Waals surface area contributed by atoms with Crippen molar-refractivity contribution in [2.45, 2.75) is 0 Å². The zero-order valence-corrected chi connectivity index (χ0v) is 6.37. The lowest BCUT2D eigenvalue weighted by Gasteiger charge is -1.85. The highest BCUT2D eigenvalue weighted by Crippen LogP contribution is 2.29. The number of furan rings is 1. The predicted octanol–water partition coefficient (Wildman–Crippen LogP) is 3.07. The molecule has 0 unspecified atom stereocenters. The van der Waals surface area contributed by atoms with Gasteiger partial charge in [0.05, 0.1) is 0 Å². The minimum absolute atomic E-state index is 0.927. The van der Waals surface area contributed by atoms with Gasteiger partial charge in [0.2, 0.25) is 0 Å². The van der Waals surface area contributed by atoms with Crippen LogP contribution in [-0.4, -0.2) is 0 Å². The average molecular weight is 154 g/mol. The minimum atomic E-state index is 0.927. The van der Waals surface area contributed by atoms with Crippen molar-refractivity contribution >= 4 is 23.1 Å². The van der Waals surface area contributed by atoms with E-state index in [0.717, 1.165) is 16.9 Å². The number of para-hydroxylation sites is 1. The van der Waals surface area contributed by atoms with Crippen LogP contribution in [0.15, 0.2) is 34.4 Å². The van der Waals surface area contributed by atoms with Crippen molar-refractivity contribution < 1.29 is 4.42 Å². The number of fused-ring (bicyclic) bond motifs is 3.